The number of hydrogen-bond acceptors (Lipinski definition) is 6. The summed E-state index contributed by atoms with van der Waals surface area (Å²) in [5, 5.41) is 16.0. The molecule has 144 valence electrons. The molecule has 0 spiro atoms. The summed E-state index contributed by atoms with van der Waals surface area (Å²) in [7, 11) is 0. The van der Waals surface area contributed by atoms with Crippen LogP contribution in [0, 0.1) is 12.7 Å². The fourth-order valence-corrected chi connectivity index (χ4v) is 3.65. The Morgan fingerprint density at radius 1 is 1.04 bits per heavy atom. The third-order valence-corrected chi connectivity index (χ3v) is 5.34. The van der Waals surface area contributed by atoms with E-state index in [1.807, 2.05) is 19.1 Å². The number of rotatable bonds is 6. The van der Waals surface area contributed by atoms with E-state index >= 15 is 0 Å². The van der Waals surface area contributed by atoms with E-state index in [1.54, 1.807) is 18.2 Å². The van der Waals surface area contributed by atoms with Crippen LogP contribution >= 0.6 is 23.1 Å². The number of amides is 3. The predicted octanol–water partition coefficient (Wildman–Crippen LogP) is 4.36. The second kappa shape index (κ2) is 9.29. The lowest BCUT2D eigenvalue weighted by atomic mass is 10.2. The molecule has 0 aliphatic heterocycles. The molecule has 10 heteroatoms. The first-order valence-electron chi connectivity index (χ1n) is 8.14. The number of carbonyl (C=O) groups is 2. The smallest absolute Gasteiger partial charge is 0.325 e. The van der Waals surface area contributed by atoms with Gasteiger partial charge in [-0.2, -0.15) is 0 Å². The molecule has 3 amide bonds. The maximum Gasteiger partial charge on any atom is 0.325 e. The van der Waals surface area contributed by atoms with Gasteiger partial charge in [0.15, 0.2) is 4.34 Å². The minimum atomic E-state index is -0.430. The van der Waals surface area contributed by atoms with Gasteiger partial charge in [-0.1, -0.05) is 46.9 Å². The highest BCUT2D eigenvalue weighted by Crippen LogP contribution is 2.25. The van der Waals surface area contributed by atoms with Gasteiger partial charge in [-0.15, -0.1) is 10.2 Å². The summed E-state index contributed by atoms with van der Waals surface area (Å²) in [6, 6.07) is 12.6. The highest BCUT2D eigenvalue weighted by atomic mass is 32.2. The number of nitrogens with one attached hydrogen (secondary N) is 3. The zero-order valence-electron chi connectivity index (χ0n) is 14.7. The minimum Gasteiger partial charge on any atom is -0.325 e. The van der Waals surface area contributed by atoms with Crippen molar-refractivity contribution in [2.24, 2.45) is 0 Å². The Kier molecular flexibility index (Phi) is 6.56. The van der Waals surface area contributed by atoms with Crippen LogP contribution in [0.1, 0.15) is 5.56 Å². The molecule has 0 fully saturated rings. The monoisotopic (exact) mass is 417 g/mol. The van der Waals surface area contributed by atoms with Crippen LogP contribution < -0.4 is 16.0 Å². The zero-order valence-corrected chi connectivity index (χ0v) is 16.4. The first-order chi connectivity index (χ1) is 13.5. The standard InChI is InChI=1S/C18H16FN5O2S2/c1-11-5-7-13(8-6-11)21-16(26)22-17-23-24-18(28-17)27-10-15(25)20-14-4-2-3-12(19)9-14/h2-9H,10H2,1H3,(H,20,25)(H2,21,22,23,26). The maximum atomic E-state index is 13.1. The molecule has 3 aromatic rings. The van der Waals surface area contributed by atoms with Gasteiger partial charge in [0, 0.05) is 11.4 Å². The van der Waals surface area contributed by atoms with Crippen LogP contribution in [-0.4, -0.2) is 27.9 Å². The number of benzene rings is 2. The lowest BCUT2D eigenvalue weighted by Crippen LogP contribution is -2.19. The molecule has 3 N–H and O–H groups in total. The molecule has 1 heterocycles. The van der Waals surface area contributed by atoms with Gasteiger partial charge in [0.05, 0.1) is 5.75 Å². The molecule has 0 saturated heterocycles. The lowest BCUT2D eigenvalue weighted by molar-refractivity contribution is -0.113. The first-order valence-corrected chi connectivity index (χ1v) is 9.94. The summed E-state index contributed by atoms with van der Waals surface area (Å²) in [6.45, 7) is 1.96. The number of carbonyl (C=O) groups excluding carboxylic acids is 2. The van der Waals surface area contributed by atoms with Gasteiger partial charge in [0.25, 0.3) is 0 Å². The van der Waals surface area contributed by atoms with Crippen molar-refractivity contribution in [2.45, 2.75) is 11.3 Å². The van der Waals surface area contributed by atoms with Gasteiger partial charge in [-0.3, -0.25) is 10.1 Å². The number of hydrogen-bond donors (Lipinski definition) is 3. The van der Waals surface area contributed by atoms with Gasteiger partial charge in [0.2, 0.25) is 11.0 Å². The van der Waals surface area contributed by atoms with E-state index in [0.717, 1.165) is 16.9 Å². The maximum absolute atomic E-state index is 13.1. The van der Waals surface area contributed by atoms with Crippen LogP contribution in [0.3, 0.4) is 0 Å². The fourth-order valence-electron chi connectivity index (χ4n) is 2.11. The average molecular weight is 417 g/mol. The summed E-state index contributed by atoms with van der Waals surface area (Å²) in [5.74, 6) is -0.632. The second-order valence-corrected chi connectivity index (χ2v) is 7.87. The van der Waals surface area contributed by atoms with E-state index in [4.69, 9.17) is 0 Å². The Balaban J connectivity index is 1.46. The highest BCUT2D eigenvalue weighted by Gasteiger charge is 2.11. The van der Waals surface area contributed by atoms with Crippen molar-refractivity contribution in [3.8, 4) is 0 Å². The Hall–Kier alpha value is -2.98. The quantitative estimate of drug-likeness (QED) is 0.409. The third kappa shape index (κ3) is 6.03. The summed E-state index contributed by atoms with van der Waals surface area (Å²) in [5.41, 5.74) is 2.15. The molecular weight excluding hydrogens is 401 g/mol. The number of nitrogens with zero attached hydrogens (tertiary/aromatic N) is 2. The molecular formula is C18H16FN5O2S2. The molecule has 0 saturated carbocycles. The molecule has 7 nitrogen and oxygen atoms in total. The van der Waals surface area contributed by atoms with Crippen molar-refractivity contribution in [2.75, 3.05) is 21.7 Å². The average Bonchev–Trinajstić information content (AvgIpc) is 3.09. The number of halogens is 1. The molecule has 1 aromatic heterocycles. The Morgan fingerprint density at radius 3 is 2.57 bits per heavy atom. The fraction of sp³-hybridized carbons (Fsp3) is 0.111. The summed E-state index contributed by atoms with van der Waals surface area (Å²) in [6.07, 6.45) is 0. The highest BCUT2D eigenvalue weighted by molar-refractivity contribution is 8.01. The Labute approximate surface area is 168 Å². The third-order valence-electron chi connectivity index (χ3n) is 3.37. The van der Waals surface area contributed by atoms with Crippen LogP contribution in [-0.2, 0) is 4.79 Å². The van der Waals surface area contributed by atoms with Crippen molar-refractivity contribution in [1.82, 2.24) is 10.2 Å². The van der Waals surface area contributed by atoms with Crippen molar-refractivity contribution >= 4 is 51.5 Å². The SMILES string of the molecule is Cc1ccc(NC(=O)Nc2nnc(SCC(=O)Nc3cccc(F)c3)s2)cc1. The summed E-state index contributed by atoms with van der Waals surface area (Å²) < 4.78 is 13.6. The zero-order chi connectivity index (χ0) is 19.9. The van der Waals surface area contributed by atoms with Crippen LogP contribution in [0.25, 0.3) is 0 Å². The molecule has 0 bridgehead atoms. The van der Waals surface area contributed by atoms with E-state index in [-0.39, 0.29) is 11.7 Å². The largest absolute Gasteiger partial charge is 0.325 e. The van der Waals surface area contributed by atoms with Crippen molar-refractivity contribution < 1.29 is 14.0 Å². The second-order valence-electron chi connectivity index (χ2n) is 5.67. The van der Waals surface area contributed by atoms with Gasteiger partial charge in [-0.25, -0.2) is 9.18 Å². The van der Waals surface area contributed by atoms with E-state index in [0.29, 0.717) is 20.8 Å². The van der Waals surface area contributed by atoms with Crippen molar-refractivity contribution in [1.29, 1.82) is 0 Å². The minimum absolute atomic E-state index is 0.0840. The van der Waals surface area contributed by atoms with Crippen molar-refractivity contribution in [3.05, 3.63) is 59.9 Å². The molecule has 0 atom stereocenters. The van der Waals surface area contributed by atoms with Gasteiger partial charge < -0.3 is 10.6 Å². The Morgan fingerprint density at radius 2 is 1.82 bits per heavy atom. The number of thioether (sulfide) groups is 1. The number of aryl methyl sites for hydroxylation is 1. The van der Waals surface area contributed by atoms with Crippen LogP contribution in [0.15, 0.2) is 52.9 Å². The first kappa shape index (κ1) is 19.8. The number of anilines is 3. The van der Waals surface area contributed by atoms with Crippen LogP contribution in [0.4, 0.5) is 25.7 Å². The van der Waals surface area contributed by atoms with Gasteiger partial charge in [-0.05, 0) is 37.3 Å². The molecule has 0 radical (unpaired) electrons. The van der Waals surface area contributed by atoms with Gasteiger partial charge >= 0.3 is 6.03 Å². The molecule has 3 rings (SSSR count). The van der Waals surface area contributed by atoms with Crippen molar-refractivity contribution in [3.63, 3.8) is 0 Å². The predicted molar refractivity (Wildman–Crippen MR) is 109 cm³/mol. The molecule has 0 aliphatic rings. The Bertz CT molecular complexity index is 978. The van der Waals surface area contributed by atoms with E-state index in [2.05, 4.69) is 26.1 Å². The topological polar surface area (TPSA) is 96.0 Å². The van der Waals surface area contributed by atoms with E-state index < -0.39 is 11.8 Å². The van der Waals surface area contributed by atoms with Gasteiger partial charge in [0.1, 0.15) is 5.82 Å². The molecule has 0 unspecified atom stereocenters. The normalized spacial score (nSPS) is 10.4. The number of aromatic nitrogens is 2. The number of urea groups is 1. The molecule has 2 aromatic carbocycles. The summed E-state index contributed by atoms with van der Waals surface area (Å²) in [4.78, 5) is 23.9. The lowest BCUT2D eigenvalue weighted by Gasteiger charge is -2.05. The summed E-state index contributed by atoms with van der Waals surface area (Å²) >= 11 is 2.33. The molecule has 28 heavy (non-hydrogen) atoms. The van der Waals surface area contributed by atoms with E-state index in [1.165, 1.54) is 30.0 Å². The van der Waals surface area contributed by atoms with E-state index in [9.17, 15) is 14.0 Å². The van der Waals surface area contributed by atoms with Crippen LogP contribution in [0.2, 0.25) is 0 Å². The van der Waals surface area contributed by atoms with Crippen LogP contribution in [0.5, 0.6) is 0 Å². The molecule has 0 aliphatic carbocycles.